The van der Waals surface area contributed by atoms with Crippen molar-refractivity contribution in [1.82, 2.24) is 10.3 Å². The first-order valence-corrected chi connectivity index (χ1v) is 7.50. The zero-order valence-corrected chi connectivity index (χ0v) is 13.1. The number of hydrogen-bond donors (Lipinski definition) is 2. The van der Waals surface area contributed by atoms with E-state index in [0.717, 1.165) is 6.42 Å². The van der Waals surface area contributed by atoms with Crippen LogP contribution in [0.3, 0.4) is 0 Å². The molecule has 0 saturated heterocycles. The van der Waals surface area contributed by atoms with Crippen molar-refractivity contribution >= 4 is 22.8 Å². The molecule has 0 saturated carbocycles. The molecule has 1 unspecified atom stereocenters. The Kier molecular flexibility index (Phi) is 5.26. The fourth-order valence-electron chi connectivity index (χ4n) is 2.44. The van der Waals surface area contributed by atoms with Gasteiger partial charge < -0.3 is 10.4 Å². The van der Waals surface area contributed by atoms with Gasteiger partial charge in [0.2, 0.25) is 0 Å². The Morgan fingerprint density at radius 1 is 1.35 bits per heavy atom. The summed E-state index contributed by atoms with van der Waals surface area (Å²) < 4.78 is 13.2. The smallest absolute Gasteiger partial charge is 0.308 e. The zero-order chi connectivity index (χ0) is 17.0. The maximum Gasteiger partial charge on any atom is 0.308 e. The second-order valence-corrected chi connectivity index (χ2v) is 5.49. The lowest BCUT2D eigenvalue weighted by atomic mass is 10.0. The lowest BCUT2D eigenvalue weighted by Gasteiger charge is -2.13. The number of aryl methyl sites for hydroxylation is 1. The lowest BCUT2D eigenvalue weighted by Crippen LogP contribution is -2.33. The number of rotatable bonds is 6. The number of benzene rings is 1. The van der Waals surface area contributed by atoms with E-state index in [2.05, 4.69) is 10.3 Å². The Balaban J connectivity index is 2.19. The highest BCUT2D eigenvalue weighted by atomic mass is 19.1. The van der Waals surface area contributed by atoms with E-state index in [9.17, 15) is 14.0 Å². The molecule has 0 aliphatic rings. The van der Waals surface area contributed by atoms with Crippen molar-refractivity contribution in [3.8, 4) is 0 Å². The van der Waals surface area contributed by atoms with Gasteiger partial charge >= 0.3 is 5.97 Å². The molecule has 0 radical (unpaired) electrons. The van der Waals surface area contributed by atoms with E-state index in [1.165, 1.54) is 12.1 Å². The second-order valence-electron chi connectivity index (χ2n) is 5.49. The van der Waals surface area contributed by atoms with Gasteiger partial charge in [0.05, 0.1) is 22.7 Å². The Hall–Kier alpha value is -2.50. The topological polar surface area (TPSA) is 79.3 Å². The summed E-state index contributed by atoms with van der Waals surface area (Å²) in [7, 11) is 0. The summed E-state index contributed by atoms with van der Waals surface area (Å²) >= 11 is 0. The Morgan fingerprint density at radius 2 is 2.09 bits per heavy atom. The number of aliphatic carboxylic acids is 1. The first-order chi connectivity index (χ1) is 10.9. The lowest BCUT2D eigenvalue weighted by molar-refractivity contribution is -0.141. The summed E-state index contributed by atoms with van der Waals surface area (Å²) in [6, 6.07) is 5.82. The van der Waals surface area contributed by atoms with Gasteiger partial charge in [0.15, 0.2) is 0 Å². The van der Waals surface area contributed by atoms with Gasteiger partial charge in [-0.3, -0.25) is 14.6 Å². The number of pyridine rings is 1. The summed E-state index contributed by atoms with van der Waals surface area (Å²) in [4.78, 5) is 27.6. The van der Waals surface area contributed by atoms with E-state index in [4.69, 9.17) is 5.11 Å². The molecule has 0 fully saturated rings. The Bertz CT molecular complexity index is 746. The van der Waals surface area contributed by atoms with Crippen LogP contribution in [0.1, 0.15) is 35.8 Å². The third-order valence-corrected chi connectivity index (χ3v) is 3.71. The number of carboxylic acid groups (broad SMARTS) is 1. The number of nitrogens with one attached hydrogen (secondary N) is 1. The first kappa shape index (κ1) is 16.9. The Morgan fingerprint density at radius 3 is 2.74 bits per heavy atom. The Labute approximate surface area is 133 Å². The van der Waals surface area contributed by atoms with E-state index in [1.807, 2.05) is 6.92 Å². The first-order valence-electron chi connectivity index (χ1n) is 7.50. The van der Waals surface area contributed by atoms with Crippen LogP contribution in [0.2, 0.25) is 0 Å². The molecule has 0 aliphatic carbocycles. The summed E-state index contributed by atoms with van der Waals surface area (Å²) in [5, 5.41) is 12.4. The normalized spacial score (nSPS) is 12.1. The van der Waals surface area contributed by atoms with Crippen LogP contribution in [0.5, 0.6) is 0 Å². The van der Waals surface area contributed by atoms with Gasteiger partial charge in [-0.1, -0.05) is 13.3 Å². The number of carbonyl (C=O) groups excluding carboxylic acids is 1. The maximum absolute atomic E-state index is 13.2. The number of aromatic nitrogens is 1. The van der Waals surface area contributed by atoms with Crippen LogP contribution < -0.4 is 5.32 Å². The zero-order valence-electron chi connectivity index (χ0n) is 13.1. The molecule has 1 aromatic carbocycles. The van der Waals surface area contributed by atoms with Crippen molar-refractivity contribution in [2.24, 2.45) is 5.92 Å². The van der Waals surface area contributed by atoms with Crippen LogP contribution in [0.4, 0.5) is 4.39 Å². The van der Waals surface area contributed by atoms with E-state index < -0.39 is 11.9 Å². The number of carbonyl (C=O) groups is 2. The monoisotopic (exact) mass is 318 g/mol. The van der Waals surface area contributed by atoms with Crippen molar-refractivity contribution in [3.63, 3.8) is 0 Å². The minimum absolute atomic E-state index is 0.0723. The van der Waals surface area contributed by atoms with Crippen LogP contribution in [-0.4, -0.2) is 28.5 Å². The molecule has 1 amide bonds. The number of nitrogens with zero attached hydrogens (tertiary/aromatic N) is 1. The van der Waals surface area contributed by atoms with Crippen LogP contribution in [0.25, 0.3) is 10.9 Å². The second kappa shape index (κ2) is 7.17. The number of halogens is 1. The molecule has 2 N–H and O–H groups in total. The maximum atomic E-state index is 13.2. The number of hydrogen-bond acceptors (Lipinski definition) is 3. The molecule has 1 heterocycles. The van der Waals surface area contributed by atoms with Gasteiger partial charge in [-0.15, -0.1) is 0 Å². The molecule has 2 aromatic rings. The van der Waals surface area contributed by atoms with Crippen LogP contribution in [-0.2, 0) is 4.79 Å². The van der Waals surface area contributed by atoms with E-state index in [1.54, 1.807) is 19.1 Å². The number of carboxylic acids is 1. The molecule has 5 nitrogen and oxygen atoms in total. The summed E-state index contributed by atoms with van der Waals surface area (Å²) in [6.07, 6.45) is 1.23. The molecule has 6 heteroatoms. The summed E-state index contributed by atoms with van der Waals surface area (Å²) in [6.45, 7) is 3.64. The average Bonchev–Trinajstić information content (AvgIpc) is 2.50. The van der Waals surface area contributed by atoms with E-state index >= 15 is 0 Å². The summed E-state index contributed by atoms with van der Waals surface area (Å²) in [5.41, 5.74) is 1.32. The van der Waals surface area contributed by atoms with Gasteiger partial charge in [-0.2, -0.15) is 0 Å². The van der Waals surface area contributed by atoms with Crippen LogP contribution in [0.15, 0.2) is 24.3 Å². The predicted molar refractivity (Wildman–Crippen MR) is 84.8 cm³/mol. The van der Waals surface area contributed by atoms with Crippen molar-refractivity contribution in [3.05, 3.63) is 41.3 Å². The minimum atomic E-state index is -0.920. The minimum Gasteiger partial charge on any atom is -0.481 e. The highest BCUT2D eigenvalue weighted by molar-refractivity contribution is 5.98. The third kappa shape index (κ3) is 4.03. The fourth-order valence-corrected chi connectivity index (χ4v) is 2.44. The SMILES string of the molecule is CCCC(CNC(=O)c1cc2ccc(F)cc2nc1C)C(=O)O. The highest BCUT2D eigenvalue weighted by Crippen LogP contribution is 2.18. The molecular weight excluding hydrogens is 299 g/mol. The third-order valence-electron chi connectivity index (χ3n) is 3.71. The van der Waals surface area contributed by atoms with Crippen molar-refractivity contribution in [2.45, 2.75) is 26.7 Å². The largest absolute Gasteiger partial charge is 0.481 e. The standard InChI is InChI=1S/C17H19FN2O3/c1-3-4-12(17(22)23)9-19-16(21)14-7-11-5-6-13(18)8-15(11)20-10(14)2/h5-8,12H,3-4,9H2,1-2H3,(H,19,21)(H,22,23). The van der Waals surface area contributed by atoms with Crippen LogP contribution in [0, 0.1) is 18.7 Å². The highest BCUT2D eigenvalue weighted by Gasteiger charge is 2.19. The van der Waals surface area contributed by atoms with Gasteiger partial charge in [-0.05, 0) is 31.5 Å². The van der Waals surface area contributed by atoms with Crippen molar-refractivity contribution in [2.75, 3.05) is 6.54 Å². The molecule has 0 bridgehead atoms. The van der Waals surface area contributed by atoms with Gasteiger partial charge in [0.25, 0.3) is 5.91 Å². The van der Waals surface area contributed by atoms with Crippen molar-refractivity contribution in [1.29, 1.82) is 0 Å². The molecule has 1 atom stereocenters. The average molecular weight is 318 g/mol. The predicted octanol–water partition coefficient (Wildman–Crippen LogP) is 2.91. The van der Waals surface area contributed by atoms with E-state index in [-0.39, 0.29) is 18.3 Å². The number of fused-ring (bicyclic) bond motifs is 1. The van der Waals surface area contributed by atoms with Crippen LogP contribution >= 0.6 is 0 Å². The molecule has 2 rings (SSSR count). The molecule has 1 aromatic heterocycles. The molecule has 0 aliphatic heterocycles. The fraction of sp³-hybridized carbons (Fsp3) is 0.353. The quantitative estimate of drug-likeness (QED) is 0.858. The van der Waals surface area contributed by atoms with Gasteiger partial charge in [0, 0.05) is 18.0 Å². The summed E-state index contributed by atoms with van der Waals surface area (Å²) in [5.74, 6) is -2.28. The molecule has 0 spiro atoms. The molecular formula is C17H19FN2O3. The van der Waals surface area contributed by atoms with E-state index in [0.29, 0.717) is 28.6 Å². The number of amides is 1. The van der Waals surface area contributed by atoms with Gasteiger partial charge in [-0.25, -0.2) is 4.39 Å². The van der Waals surface area contributed by atoms with Crippen molar-refractivity contribution < 1.29 is 19.1 Å². The molecule has 122 valence electrons. The van der Waals surface area contributed by atoms with Gasteiger partial charge in [0.1, 0.15) is 5.82 Å². The molecule has 23 heavy (non-hydrogen) atoms.